The molecule has 1 aliphatic rings. The molecule has 9 nitrogen and oxygen atoms in total. The zero-order valence-corrected chi connectivity index (χ0v) is 15.5. The highest BCUT2D eigenvalue weighted by atomic mass is 16.2. The lowest BCUT2D eigenvalue weighted by Crippen LogP contribution is -2.47. The maximum absolute atomic E-state index is 13.1. The number of nitrogens with zero attached hydrogens (tertiary/aromatic N) is 5. The Morgan fingerprint density at radius 2 is 2.04 bits per heavy atom. The van der Waals surface area contributed by atoms with Gasteiger partial charge in [0.15, 0.2) is 0 Å². The van der Waals surface area contributed by atoms with Crippen LogP contribution in [0.5, 0.6) is 0 Å². The summed E-state index contributed by atoms with van der Waals surface area (Å²) in [6.07, 6.45) is 1.85. The molecular formula is C17H25N7O2. The van der Waals surface area contributed by atoms with Gasteiger partial charge in [0.2, 0.25) is 5.91 Å². The Bertz CT molecular complexity index is 830. The topological polar surface area (TPSA) is 119 Å². The van der Waals surface area contributed by atoms with Gasteiger partial charge in [-0.15, -0.1) is 0 Å². The molecule has 0 aromatic carbocycles. The van der Waals surface area contributed by atoms with Crippen LogP contribution in [0.1, 0.15) is 56.2 Å². The van der Waals surface area contributed by atoms with E-state index in [4.69, 9.17) is 5.73 Å². The van der Waals surface area contributed by atoms with Gasteiger partial charge in [-0.3, -0.25) is 9.59 Å². The minimum atomic E-state index is -0.585. The van der Waals surface area contributed by atoms with Crippen molar-refractivity contribution in [1.82, 2.24) is 29.8 Å². The molecule has 1 saturated heterocycles. The van der Waals surface area contributed by atoms with Crippen molar-refractivity contribution in [1.29, 1.82) is 0 Å². The fourth-order valence-corrected chi connectivity index (χ4v) is 3.23. The smallest absolute Gasteiger partial charge is 0.273 e. The molecule has 3 heterocycles. The maximum Gasteiger partial charge on any atom is 0.273 e. The lowest BCUT2D eigenvalue weighted by Gasteiger charge is -2.24. The molecule has 0 saturated carbocycles. The Morgan fingerprint density at radius 3 is 2.69 bits per heavy atom. The predicted molar refractivity (Wildman–Crippen MR) is 95.6 cm³/mol. The third-order valence-electron chi connectivity index (χ3n) is 4.42. The number of rotatable bonds is 4. The van der Waals surface area contributed by atoms with Crippen LogP contribution in [0, 0.1) is 0 Å². The van der Waals surface area contributed by atoms with Crippen molar-refractivity contribution in [2.75, 3.05) is 6.54 Å². The van der Waals surface area contributed by atoms with Crippen LogP contribution in [0.4, 0.5) is 0 Å². The third-order valence-corrected chi connectivity index (χ3v) is 4.42. The van der Waals surface area contributed by atoms with Crippen LogP contribution < -0.4 is 11.1 Å². The summed E-state index contributed by atoms with van der Waals surface area (Å²) < 4.78 is 1.63. The molecule has 9 heteroatoms. The first-order valence-corrected chi connectivity index (χ1v) is 8.85. The summed E-state index contributed by atoms with van der Waals surface area (Å²) >= 11 is 0. The Labute approximate surface area is 152 Å². The number of hydrogen-bond donors (Lipinski definition) is 2. The Balaban J connectivity index is 1.94. The Morgan fingerprint density at radius 1 is 1.31 bits per heavy atom. The molecule has 1 aliphatic heterocycles. The second kappa shape index (κ2) is 6.99. The van der Waals surface area contributed by atoms with E-state index in [0.717, 1.165) is 5.69 Å². The van der Waals surface area contributed by atoms with Crippen LogP contribution in [-0.4, -0.2) is 61.0 Å². The van der Waals surface area contributed by atoms with E-state index in [9.17, 15) is 9.59 Å². The summed E-state index contributed by atoms with van der Waals surface area (Å²) in [5, 5.41) is 7.02. The fraction of sp³-hybridized carbons (Fsp3) is 0.588. The van der Waals surface area contributed by atoms with Crippen molar-refractivity contribution in [3.63, 3.8) is 0 Å². The number of nitrogens with two attached hydrogens (primary N) is 1. The van der Waals surface area contributed by atoms with E-state index in [-0.39, 0.29) is 35.5 Å². The summed E-state index contributed by atoms with van der Waals surface area (Å²) in [4.78, 5) is 35.5. The molecule has 0 aliphatic carbocycles. The quantitative estimate of drug-likeness (QED) is 0.811. The summed E-state index contributed by atoms with van der Waals surface area (Å²) in [6, 6.07) is 0.895. The third kappa shape index (κ3) is 3.39. The highest BCUT2D eigenvalue weighted by Crippen LogP contribution is 2.22. The van der Waals surface area contributed by atoms with E-state index < -0.39 is 6.04 Å². The number of amides is 2. The maximum atomic E-state index is 13.1. The molecule has 2 aromatic rings. The van der Waals surface area contributed by atoms with E-state index in [1.807, 2.05) is 27.7 Å². The van der Waals surface area contributed by atoms with Crippen LogP contribution in [0.25, 0.3) is 5.78 Å². The van der Waals surface area contributed by atoms with E-state index >= 15 is 0 Å². The van der Waals surface area contributed by atoms with Crippen molar-refractivity contribution in [3.8, 4) is 0 Å². The van der Waals surface area contributed by atoms with E-state index in [1.54, 1.807) is 10.6 Å². The second-order valence-electron chi connectivity index (χ2n) is 7.33. The first-order valence-electron chi connectivity index (χ1n) is 8.85. The molecular weight excluding hydrogens is 334 g/mol. The largest absolute Gasteiger partial charge is 0.352 e. The van der Waals surface area contributed by atoms with Crippen molar-refractivity contribution >= 4 is 17.6 Å². The van der Waals surface area contributed by atoms with Crippen molar-refractivity contribution in [2.24, 2.45) is 5.73 Å². The summed E-state index contributed by atoms with van der Waals surface area (Å²) in [5.41, 5.74) is 7.12. The van der Waals surface area contributed by atoms with Crippen LogP contribution in [0.15, 0.2) is 12.4 Å². The first kappa shape index (κ1) is 18.2. The van der Waals surface area contributed by atoms with Gasteiger partial charge >= 0.3 is 0 Å². The summed E-state index contributed by atoms with van der Waals surface area (Å²) in [7, 11) is 0. The minimum Gasteiger partial charge on any atom is -0.352 e. The predicted octanol–water partition coefficient (Wildman–Crippen LogP) is 0.314. The average molecular weight is 359 g/mol. The van der Waals surface area contributed by atoms with Gasteiger partial charge in [-0.25, -0.2) is 9.50 Å². The van der Waals surface area contributed by atoms with Crippen molar-refractivity contribution in [3.05, 3.63) is 23.8 Å². The van der Waals surface area contributed by atoms with Gasteiger partial charge in [0.25, 0.3) is 11.7 Å². The number of likely N-dealkylation sites (tertiary alicyclic amines) is 1. The zero-order valence-electron chi connectivity index (χ0n) is 15.5. The van der Waals surface area contributed by atoms with Gasteiger partial charge in [-0.05, 0) is 32.3 Å². The molecule has 2 amide bonds. The number of fused-ring (bicyclic) bond motifs is 1. The molecule has 140 valence electrons. The van der Waals surface area contributed by atoms with Gasteiger partial charge in [0.1, 0.15) is 18.1 Å². The van der Waals surface area contributed by atoms with Gasteiger partial charge in [-0.2, -0.15) is 10.1 Å². The summed E-state index contributed by atoms with van der Waals surface area (Å²) in [6.45, 7) is 8.11. The average Bonchev–Trinajstić information content (AvgIpc) is 3.18. The van der Waals surface area contributed by atoms with E-state index in [0.29, 0.717) is 18.7 Å². The second-order valence-corrected chi connectivity index (χ2v) is 7.33. The van der Waals surface area contributed by atoms with Gasteiger partial charge in [-0.1, -0.05) is 13.8 Å². The number of nitrogens with one attached hydrogen (secondary N) is 1. The molecule has 2 atom stereocenters. The van der Waals surface area contributed by atoms with Crippen LogP contribution in [0.2, 0.25) is 0 Å². The number of carbonyl (C=O) groups is 2. The molecule has 2 aromatic heterocycles. The van der Waals surface area contributed by atoms with Crippen molar-refractivity contribution < 1.29 is 9.59 Å². The molecule has 3 N–H and O–H groups in total. The first-order chi connectivity index (χ1) is 12.3. The van der Waals surface area contributed by atoms with E-state index in [2.05, 4.69) is 20.4 Å². The van der Waals surface area contributed by atoms with Crippen LogP contribution in [0.3, 0.4) is 0 Å². The van der Waals surface area contributed by atoms with Crippen LogP contribution in [-0.2, 0) is 4.79 Å². The molecule has 0 spiro atoms. The highest BCUT2D eigenvalue weighted by molar-refractivity contribution is 5.97. The Hall–Kier alpha value is -2.55. The molecule has 0 bridgehead atoms. The normalized spacial score (nSPS) is 20.3. The number of aromatic nitrogens is 4. The SMILES string of the molecule is CC(C)NC(=O)[C@@H]1C[C@H](N)CN1C(=O)c1cc(C(C)C)n2ncnc2n1. The van der Waals surface area contributed by atoms with E-state index in [1.165, 1.54) is 11.2 Å². The summed E-state index contributed by atoms with van der Waals surface area (Å²) in [5.74, 6) is 0.00374. The molecule has 26 heavy (non-hydrogen) atoms. The van der Waals surface area contributed by atoms with Gasteiger partial charge in [0, 0.05) is 18.6 Å². The van der Waals surface area contributed by atoms with Gasteiger partial charge < -0.3 is 16.0 Å². The highest BCUT2D eigenvalue weighted by Gasteiger charge is 2.39. The molecule has 0 radical (unpaired) electrons. The number of hydrogen-bond acceptors (Lipinski definition) is 6. The number of carbonyl (C=O) groups excluding carboxylic acids is 2. The standard InChI is InChI=1S/C17H25N7O2/c1-9(2)13-6-12(22-17-19-8-20-24(13)17)16(26)23-7-11(18)5-14(23)15(25)21-10(3)4/h6,8-11,14H,5,7,18H2,1-4H3,(H,21,25)/t11-,14-/m0/s1. The van der Waals surface area contributed by atoms with Gasteiger partial charge in [0.05, 0.1) is 5.69 Å². The minimum absolute atomic E-state index is 0.00529. The molecule has 3 rings (SSSR count). The van der Waals surface area contributed by atoms with Crippen molar-refractivity contribution in [2.45, 2.75) is 58.2 Å². The lowest BCUT2D eigenvalue weighted by atomic mass is 10.1. The monoisotopic (exact) mass is 359 g/mol. The molecule has 0 unspecified atom stereocenters. The fourth-order valence-electron chi connectivity index (χ4n) is 3.23. The van der Waals surface area contributed by atoms with Crippen LogP contribution >= 0.6 is 0 Å². The lowest BCUT2D eigenvalue weighted by molar-refractivity contribution is -0.125. The zero-order chi connectivity index (χ0) is 19.0. The molecule has 1 fully saturated rings. The Kier molecular flexibility index (Phi) is 4.90.